The Morgan fingerprint density at radius 1 is 1.14 bits per heavy atom. The number of nitrogens with one attached hydrogen (secondary N) is 1. The van der Waals surface area contributed by atoms with E-state index in [9.17, 15) is 9.90 Å². The molecular weight excluding hydrogens is 442 g/mol. The number of aromatic nitrogens is 1. The van der Waals surface area contributed by atoms with E-state index in [-0.39, 0.29) is 22.8 Å². The zero-order valence-electron chi connectivity index (χ0n) is 20.9. The number of pyridine rings is 1. The summed E-state index contributed by atoms with van der Waals surface area (Å²) in [7, 11) is 0. The fourth-order valence-electron chi connectivity index (χ4n) is 6.75. The van der Waals surface area contributed by atoms with Crippen LogP contribution in [0.5, 0.6) is 0 Å². The average Bonchev–Trinajstić information content (AvgIpc) is 3.44. The number of carbonyl (C=O) groups is 1. The number of hydrogen-bond acceptors (Lipinski definition) is 6. The zero-order valence-corrected chi connectivity index (χ0v) is 20.9. The summed E-state index contributed by atoms with van der Waals surface area (Å²) < 4.78 is 11.0. The SMILES string of the molecule is Cc1cc2cnc(NC(=O)[C@@H]3CC34CCOCC4)cc2cc1C1CCN([C@@]2(C)COC[C@H]2O)CC1. The van der Waals surface area contributed by atoms with Gasteiger partial charge in [-0.2, -0.15) is 0 Å². The van der Waals surface area contributed by atoms with Crippen molar-refractivity contribution >= 4 is 22.5 Å². The van der Waals surface area contributed by atoms with Gasteiger partial charge in [0.2, 0.25) is 5.91 Å². The number of nitrogens with zero attached hydrogens (tertiary/aromatic N) is 2. The fourth-order valence-corrected chi connectivity index (χ4v) is 6.75. The lowest BCUT2D eigenvalue weighted by Gasteiger charge is -2.44. The molecule has 4 heterocycles. The molecule has 188 valence electrons. The Bertz CT molecular complexity index is 1120. The van der Waals surface area contributed by atoms with Crippen molar-refractivity contribution in [3.8, 4) is 0 Å². The van der Waals surface area contributed by atoms with Crippen molar-refractivity contribution in [2.24, 2.45) is 11.3 Å². The molecule has 1 aliphatic carbocycles. The Morgan fingerprint density at radius 3 is 2.63 bits per heavy atom. The minimum absolute atomic E-state index is 0.0910. The highest BCUT2D eigenvalue weighted by molar-refractivity contribution is 5.96. The maximum Gasteiger partial charge on any atom is 0.229 e. The summed E-state index contributed by atoms with van der Waals surface area (Å²) in [5.74, 6) is 1.33. The molecule has 6 rings (SSSR count). The van der Waals surface area contributed by atoms with Gasteiger partial charge < -0.3 is 19.9 Å². The predicted octanol–water partition coefficient (Wildman–Crippen LogP) is 3.63. The van der Waals surface area contributed by atoms with Gasteiger partial charge in [-0.1, -0.05) is 6.07 Å². The summed E-state index contributed by atoms with van der Waals surface area (Å²) in [6, 6.07) is 6.55. The molecule has 2 N–H and O–H groups in total. The Balaban J connectivity index is 1.15. The first-order valence-corrected chi connectivity index (χ1v) is 13.2. The summed E-state index contributed by atoms with van der Waals surface area (Å²) in [5, 5.41) is 15.8. The number of ether oxygens (including phenoxy) is 2. The van der Waals surface area contributed by atoms with Crippen molar-refractivity contribution in [1.82, 2.24) is 9.88 Å². The van der Waals surface area contributed by atoms with Gasteiger partial charge in [0, 0.05) is 30.7 Å². The van der Waals surface area contributed by atoms with E-state index in [1.165, 1.54) is 11.1 Å². The van der Waals surface area contributed by atoms with Crippen LogP contribution in [0.1, 0.15) is 56.1 Å². The number of aliphatic hydroxyl groups excluding tert-OH is 1. The highest BCUT2D eigenvalue weighted by atomic mass is 16.5. The molecule has 1 aromatic carbocycles. The van der Waals surface area contributed by atoms with Gasteiger partial charge in [-0.3, -0.25) is 9.69 Å². The van der Waals surface area contributed by atoms with Gasteiger partial charge in [-0.05, 0) is 99.0 Å². The molecule has 1 spiro atoms. The number of likely N-dealkylation sites (tertiary alicyclic amines) is 1. The lowest BCUT2D eigenvalue weighted by atomic mass is 9.83. The number of hydrogen-bond donors (Lipinski definition) is 2. The molecule has 35 heavy (non-hydrogen) atoms. The van der Waals surface area contributed by atoms with Gasteiger partial charge in [0.25, 0.3) is 0 Å². The zero-order chi connectivity index (χ0) is 24.2. The van der Waals surface area contributed by atoms with Gasteiger partial charge >= 0.3 is 0 Å². The third kappa shape index (κ3) is 4.16. The molecule has 3 atom stereocenters. The van der Waals surface area contributed by atoms with E-state index in [0.717, 1.165) is 69.2 Å². The molecule has 0 unspecified atom stereocenters. The van der Waals surface area contributed by atoms with Gasteiger partial charge in [0.15, 0.2) is 0 Å². The molecule has 7 heteroatoms. The molecule has 1 aromatic heterocycles. The Labute approximate surface area is 207 Å². The van der Waals surface area contributed by atoms with Crippen LogP contribution in [-0.4, -0.2) is 72.1 Å². The van der Waals surface area contributed by atoms with E-state index in [2.05, 4.69) is 41.2 Å². The first-order valence-electron chi connectivity index (χ1n) is 13.2. The van der Waals surface area contributed by atoms with Gasteiger partial charge in [0.05, 0.1) is 24.9 Å². The van der Waals surface area contributed by atoms with Crippen LogP contribution in [0.3, 0.4) is 0 Å². The number of carbonyl (C=O) groups excluding carboxylic acids is 1. The summed E-state index contributed by atoms with van der Waals surface area (Å²) in [4.78, 5) is 19.9. The third-order valence-corrected chi connectivity index (χ3v) is 9.40. The number of aryl methyl sites for hydroxylation is 1. The molecular formula is C28H37N3O4. The largest absolute Gasteiger partial charge is 0.389 e. The van der Waals surface area contributed by atoms with Crippen LogP contribution >= 0.6 is 0 Å². The molecule has 1 amide bonds. The Hall–Kier alpha value is -2.06. The molecule has 3 aliphatic heterocycles. The maximum absolute atomic E-state index is 12.9. The Morgan fingerprint density at radius 2 is 1.91 bits per heavy atom. The molecule has 1 saturated carbocycles. The second-order valence-corrected chi connectivity index (χ2v) is 11.5. The van der Waals surface area contributed by atoms with Crippen LogP contribution in [0.15, 0.2) is 24.4 Å². The van der Waals surface area contributed by atoms with Crippen LogP contribution < -0.4 is 5.32 Å². The van der Waals surface area contributed by atoms with E-state index >= 15 is 0 Å². The molecule has 3 saturated heterocycles. The minimum Gasteiger partial charge on any atom is -0.389 e. The quantitative estimate of drug-likeness (QED) is 0.697. The van der Waals surface area contributed by atoms with E-state index in [0.29, 0.717) is 24.9 Å². The second-order valence-electron chi connectivity index (χ2n) is 11.5. The van der Waals surface area contributed by atoms with Gasteiger partial charge in [-0.15, -0.1) is 0 Å². The molecule has 2 aromatic rings. The molecule has 4 aliphatic rings. The van der Waals surface area contributed by atoms with Crippen LogP contribution in [-0.2, 0) is 14.3 Å². The monoisotopic (exact) mass is 479 g/mol. The van der Waals surface area contributed by atoms with E-state index in [1.54, 1.807) is 0 Å². The van der Waals surface area contributed by atoms with Crippen LogP contribution in [0.2, 0.25) is 0 Å². The first-order chi connectivity index (χ1) is 16.9. The number of benzene rings is 1. The number of amides is 1. The van der Waals surface area contributed by atoms with E-state index in [4.69, 9.17) is 9.47 Å². The third-order valence-electron chi connectivity index (χ3n) is 9.40. The first kappa shape index (κ1) is 23.3. The van der Waals surface area contributed by atoms with Crippen LogP contribution in [0.25, 0.3) is 10.8 Å². The number of anilines is 1. The molecule has 0 bridgehead atoms. The maximum atomic E-state index is 12.9. The van der Waals surface area contributed by atoms with E-state index in [1.807, 2.05) is 12.3 Å². The van der Waals surface area contributed by atoms with Gasteiger partial charge in [0.1, 0.15) is 5.82 Å². The number of aliphatic hydroxyl groups is 1. The van der Waals surface area contributed by atoms with Crippen LogP contribution in [0.4, 0.5) is 5.82 Å². The van der Waals surface area contributed by atoms with Crippen molar-refractivity contribution in [3.63, 3.8) is 0 Å². The summed E-state index contributed by atoms with van der Waals surface area (Å²) in [6.07, 6.45) is 6.54. The topological polar surface area (TPSA) is 83.9 Å². The fraction of sp³-hybridized carbons (Fsp3) is 0.643. The predicted molar refractivity (Wildman–Crippen MR) is 134 cm³/mol. The van der Waals surface area contributed by atoms with Gasteiger partial charge in [-0.25, -0.2) is 4.98 Å². The average molecular weight is 480 g/mol. The minimum atomic E-state index is -0.417. The number of rotatable bonds is 4. The smallest absolute Gasteiger partial charge is 0.229 e. The summed E-state index contributed by atoms with van der Waals surface area (Å²) in [6.45, 7) is 8.82. The standard InChI is InChI=1S/C28H37N3O4/c1-18-11-21-15-29-25(30-26(33)23-14-28(23)5-9-34-10-6-28)13-20(21)12-22(18)19-3-7-31(8-4-19)27(2)17-35-16-24(27)32/h11-13,15,19,23-24,32H,3-10,14,16-17H2,1-2H3,(H,29,30,33)/t23-,24+,27-/m0/s1. The van der Waals surface area contributed by atoms with Crippen molar-refractivity contribution in [2.45, 2.75) is 63.5 Å². The van der Waals surface area contributed by atoms with Crippen LogP contribution in [0, 0.1) is 18.3 Å². The lowest BCUT2D eigenvalue weighted by Crippen LogP contribution is -2.56. The normalized spacial score (nSPS) is 31.2. The highest BCUT2D eigenvalue weighted by Gasteiger charge is 2.58. The van der Waals surface area contributed by atoms with Crippen molar-refractivity contribution < 1.29 is 19.4 Å². The molecule has 0 radical (unpaired) electrons. The highest BCUT2D eigenvalue weighted by Crippen LogP contribution is 2.59. The molecule has 7 nitrogen and oxygen atoms in total. The van der Waals surface area contributed by atoms with Crippen molar-refractivity contribution in [3.05, 3.63) is 35.5 Å². The number of fused-ring (bicyclic) bond motifs is 1. The number of piperidine rings is 1. The summed E-state index contributed by atoms with van der Waals surface area (Å²) in [5.41, 5.74) is 2.57. The summed E-state index contributed by atoms with van der Waals surface area (Å²) >= 11 is 0. The van der Waals surface area contributed by atoms with Crippen molar-refractivity contribution in [1.29, 1.82) is 0 Å². The Kier molecular flexibility index (Phi) is 5.87. The lowest BCUT2D eigenvalue weighted by molar-refractivity contribution is -0.118. The molecule has 4 fully saturated rings. The van der Waals surface area contributed by atoms with E-state index < -0.39 is 6.10 Å². The second kappa shape index (κ2) is 8.80. The van der Waals surface area contributed by atoms with Crippen molar-refractivity contribution in [2.75, 3.05) is 44.8 Å².